The van der Waals surface area contributed by atoms with Crippen molar-refractivity contribution in [2.45, 2.75) is 11.7 Å². The Morgan fingerprint density at radius 3 is 1.95 bits per heavy atom. The SMILES string of the molecule is Fc1ccc(C([SiH2]Cn2cnc([B]C(=Cc3ccccc3)c3ccccc3)n2)c2ccc(F)cc2)cc1. The number of hydrogen-bond acceptors (Lipinski definition) is 2. The summed E-state index contributed by atoms with van der Waals surface area (Å²) in [5, 5.41) is 4.73. The maximum atomic E-state index is 13.6. The van der Waals surface area contributed by atoms with Crippen molar-refractivity contribution in [3.8, 4) is 0 Å². The van der Waals surface area contributed by atoms with E-state index in [1.54, 1.807) is 6.33 Å². The van der Waals surface area contributed by atoms with Gasteiger partial charge in [-0.05, 0) is 52.1 Å². The smallest absolute Gasteiger partial charge is 0.246 e. The molecule has 1 heterocycles. The van der Waals surface area contributed by atoms with Crippen molar-refractivity contribution in [3.63, 3.8) is 0 Å². The fourth-order valence-electron chi connectivity index (χ4n) is 4.37. The van der Waals surface area contributed by atoms with Crippen molar-refractivity contribution in [1.82, 2.24) is 14.8 Å². The normalized spacial score (nSPS) is 11.9. The van der Waals surface area contributed by atoms with Crippen molar-refractivity contribution < 1.29 is 8.78 Å². The summed E-state index contributed by atoms with van der Waals surface area (Å²) in [7, 11) is 1.18. The first-order valence-electron chi connectivity index (χ1n) is 12.2. The summed E-state index contributed by atoms with van der Waals surface area (Å²) in [5.41, 5.74) is 6.02. The van der Waals surface area contributed by atoms with Gasteiger partial charge in [-0.1, -0.05) is 96.5 Å². The fraction of sp³-hybridized carbons (Fsp3) is 0.0667. The van der Waals surface area contributed by atoms with Gasteiger partial charge in [-0.25, -0.2) is 13.8 Å². The summed E-state index contributed by atoms with van der Waals surface area (Å²) in [5.74, 6) is -0.532. The van der Waals surface area contributed by atoms with Gasteiger partial charge in [-0.3, -0.25) is 4.68 Å². The highest BCUT2D eigenvalue weighted by Gasteiger charge is 2.17. The van der Waals surface area contributed by atoms with Crippen LogP contribution in [0, 0.1) is 11.6 Å². The van der Waals surface area contributed by atoms with Gasteiger partial charge >= 0.3 is 0 Å². The average molecular weight is 504 g/mol. The number of halogens is 2. The van der Waals surface area contributed by atoms with Gasteiger partial charge in [0.1, 0.15) is 23.7 Å². The Hall–Kier alpha value is -4.10. The average Bonchev–Trinajstić information content (AvgIpc) is 3.38. The molecule has 0 amide bonds. The van der Waals surface area contributed by atoms with Gasteiger partial charge in [0.15, 0.2) is 0 Å². The lowest BCUT2D eigenvalue weighted by molar-refractivity contribution is 0.626. The Labute approximate surface area is 218 Å². The van der Waals surface area contributed by atoms with Gasteiger partial charge in [0, 0.05) is 6.17 Å². The molecular formula is C30H25BF2N3Si. The molecule has 5 rings (SSSR count). The van der Waals surface area contributed by atoms with E-state index < -0.39 is 9.52 Å². The molecule has 0 bridgehead atoms. The van der Waals surface area contributed by atoms with Crippen LogP contribution < -0.4 is 5.72 Å². The molecule has 0 saturated carbocycles. The molecule has 0 N–H and O–H groups in total. The molecule has 4 aromatic carbocycles. The first kappa shape index (κ1) is 24.6. The first-order valence-corrected chi connectivity index (χ1v) is 14.0. The Morgan fingerprint density at radius 1 is 0.784 bits per heavy atom. The predicted molar refractivity (Wildman–Crippen MR) is 149 cm³/mol. The van der Waals surface area contributed by atoms with Crippen molar-refractivity contribution in [3.05, 3.63) is 149 Å². The zero-order chi connectivity index (χ0) is 25.5. The molecule has 0 saturated heterocycles. The standard InChI is InChI=1S/C30H25BF2N3Si/c32-26-15-11-24(12-16-26)29(25-13-17-27(33)18-14-25)37-21-36-20-34-30(35-36)31-28(23-9-5-2-6-10-23)19-22-7-3-1-4-8-22/h1-20,29H,21,37H2. The summed E-state index contributed by atoms with van der Waals surface area (Å²) in [6.07, 6.45) is 4.63. The quantitative estimate of drug-likeness (QED) is 0.209. The highest BCUT2D eigenvalue weighted by atomic mass is 28.2. The molecule has 7 heteroatoms. The third-order valence-corrected chi connectivity index (χ3v) is 8.50. The highest BCUT2D eigenvalue weighted by molar-refractivity contribution is 6.73. The van der Waals surface area contributed by atoms with E-state index in [0.717, 1.165) is 33.9 Å². The van der Waals surface area contributed by atoms with Crippen LogP contribution in [0.25, 0.3) is 11.5 Å². The van der Waals surface area contributed by atoms with Crippen molar-refractivity contribution in [1.29, 1.82) is 0 Å². The minimum Gasteiger partial charge on any atom is -0.257 e. The first-order chi connectivity index (χ1) is 18.1. The molecule has 0 fully saturated rings. The molecule has 1 radical (unpaired) electrons. The van der Waals surface area contributed by atoms with Gasteiger partial charge in [0.25, 0.3) is 0 Å². The molecular weight excluding hydrogens is 479 g/mol. The molecule has 0 aliphatic rings. The van der Waals surface area contributed by atoms with E-state index in [0.29, 0.717) is 5.72 Å². The minimum atomic E-state index is -0.818. The van der Waals surface area contributed by atoms with Crippen LogP contribution in [0.5, 0.6) is 0 Å². The van der Waals surface area contributed by atoms with Crippen molar-refractivity contribution >= 4 is 34.1 Å². The van der Waals surface area contributed by atoms with Crippen LogP contribution in [-0.2, 0) is 6.17 Å². The summed E-state index contributed by atoms with van der Waals surface area (Å²) >= 11 is 0. The Morgan fingerprint density at radius 2 is 1.35 bits per heavy atom. The second-order valence-electron chi connectivity index (χ2n) is 8.83. The lowest BCUT2D eigenvalue weighted by Gasteiger charge is -2.17. The number of nitrogens with zero attached hydrogens (tertiary/aromatic N) is 3. The van der Waals surface area contributed by atoms with Crippen LogP contribution in [0.2, 0.25) is 0 Å². The molecule has 5 aromatic rings. The van der Waals surface area contributed by atoms with E-state index >= 15 is 0 Å². The number of rotatable bonds is 9. The summed E-state index contributed by atoms with van der Waals surface area (Å²) in [6, 6.07) is 33.5. The van der Waals surface area contributed by atoms with E-state index in [1.807, 2.05) is 72.6 Å². The molecule has 0 aliphatic heterocycles. The summed E-state index contributed by atoms with van der Waals surface area (Å²) in [6.45, 7) is 0. The van der Waals surface area contributed by atoms with E-state index in [-0.39, 0.29) is 17.2 Å². The second kappa shape index (κ2) is 11.8. The number of aromatic nitrogens is 3. The van der Waals surface area contributed by atoms with Crippen LogP contribution in [0.3, 0.4) is 0 Å². The van der Waals surface area contributed by atoms with E-state index in [1.165, 1.54) is 24.3 Å². The summed E-state index contributed by atoms with van der Waals surface area (Å²) in [4.78, 5) is 4.55. The summed E-state index contributed by atoms with van der Waals surface area (Å²) < 4.78 is 29.0. The van der Waals surface area contributed by atoms with Gasteiger partial charge in [-0.2, -0.15) is 5.10 Å². The molecule has 0 atom stereocenters. The lowest BCUT2D eigenvalue weighted by atomic mass is 9.65. The topological polar surface area (TPSA) is 30.7 Å². The van der Waals surface area contributed by atoms with Crippen LogP contribution in [0.15, 0.2) is 116 Å². The largest absolute Gasteiger partial charge is 0.257 e. The van der Waals surface area contributed by atoms with Crippen LogP contribution in [0.4, 0.5) is 8.78 Å². The maximum Gasteiger partial charge on any atom is 0.246 e. The second-order valence-corrected chi connectivity index (χ2v) is 10.7. The fourth-order valence-corrected chi connectivity index (χ4v) is 6.32. The van der Waals surface area contributed by atoms with Gasteiger partial charge in [0.2, 0.25) is 7.28 Å². The molecule has 1 aromatic heterocycles. The van der Waals surface area contributed by atoms with Gasteiger partial charge in [0.05, 0.1) is 9.52 Å². The number of benzene rings is 4. The molecule has 181 valence electrons. The monoisotopic (exact) mass is 504 g/mol. The van der Waals surface area contributed by atoms with Crippen molar-refractivity contribution in [2.24, 2.45) is 0 Å². The lowest BCUT2D eigenvalue weighted by Crippen LogP contribution is -2.23. The highest BCUT2D eigenvalue weighted by Crippen LogP contribution is 2.24. The number of hydrogen-bond donors (Lipinski definition) is 0. The zero-order valence-electron chi connectivity index (χ0n) is 20.2. The van der Waals surface area contributed by atoms with Gasteiger partial charge in [-0.15, -0.1) is 0 Å². The van der Waals surface area contributed by atoms with E-state index in [4.69, 9.17) is 5.10 Å². The van der Waals surface area contributed by atoms with Gasteiger partial charge < -0.3 is 0 Å². The zero-order valence-corrected chi connectivity index (χ0v) is 21.6. The van der Waals surface area contributed by atoms with E-state index in [2.05, 4.69) is 35.3 Å². The third kappa shape index (κ3) is 6.57. The molecule has 0 aliphatic carbocycles. The molecule has 3 nitrogen and oxygen atoms in total. The van der Waals surface area contributed by atoms with Crippen LogP contribution >= 0.6 is 0 Å². The third-order valence-electron chi connectivity index (χ3n) is 6.26. The molecule has 0 unspecified atom stereocenters. The predicted octanol–water partition coefficient (Wildman–Crippen LogP) is 5.00. The Bertz CT molecular complexity index is 1410. The molecule has 0 spiro atoms. The molecule has 37 heavy (non-hydrogen) atoms. The van der Waals surface area contributed by atoms with Crippen molar-refractivity contribution in [2.75, 3.05) is 0 Å². The van der Waals surface area contributed by atoms with E-state index in [9.17, 15) is 8.78 Å². The Kier molecular flexibility index (Phi) is 7.81. The minimum absolute atomic E-state index is 0.107. The van der Waals surface area contributed by atoms with Crippen LogP contribution in [0.1, 0.15) is 27.8 Å². The van der Waals surface area contributed by atoms with Crippen LogP contribution in [-0.4, -0.2) is 31.6 Å². The maximum absolute atomic E-state index is 13.6. The Balaban J connectivity index is 1.34.